The highest BCUT2D eigenvalue weighted by Crippen LogP contribution is 2.17. The number of ether oxygens (including phenoxy) is 1. The topological polar surface area (TPSA) is 62.7 Å². The van der Waals surface area contributed by atoms with Gasteiger partial charge < -0.3 is 14.7 Å². The van der Waals surface area contributed by atoms with Crippen LogP contribution in [-0.2, 0) is 0 Å². The second-order valence-corrected chi connectivity index (χ2v) is 4.44. The molecule has 1 aliphatic heterocycles. The van der Waals surface area contributed by atoms with Gasteiger partial charge in [0, 0.05) is 19.3 Å². The maximum absolute atomic E-state index is 11.9. The van der Waals surface area contributed by atoms with Crippen LogP contribution in [0.1, 0.15) is 24.2 Å². The molecule has 1 N–H and O–H groups in total. The number of aromatic nitrogens is 1. The first-order chi connectivity index (χ1) is 8.06. The maximum atomic E-state index is 11.9. The Morgan fingerprint density at radius 3 is 2.82 bits per heavy atom. The predicted molar refractivity (Wildman–Crippen MR) is 61.9 cm³/mol. The molecule has 0 aromatic carbocycles. The second kappa shape index (κ2) is 4.71. The third kappa shape index (κ3) is 2.74. The summed E-state index contributed by atoms with van der Waals surface area (Å²) in [4.78, 5) is 17.5. The first-order valence-electron chi connectivity index (χ1n) is 5.65. The summed E-state index contributed by atoms with van der Waals surface area (Å²) in [5.41, 5.74) is 0.495. The van der Waals surface area contributed by atoms with Gasteiger partial charge in [0.2, 0.25) is 0 Å². The monoisotopic (exact) mass is 236 g/mol. The van der Waals surface area contributed by atoms with Gasteiger partial charge >= 0.3 is 0 Å². The van der Waals surface area contributed by atoms with E-state index in [1.54, 1.807) is 17.2 Å². The van der Waals surface area contributed by atoms with Crippen molar-refractivity contribution < 1.29 is 14.6 Å². The number of carbonyl (C=O) groups is 1. The van der Waals surface area contributed by atoms with Gasteiger partial charge in [0.1, 0.15) is 5.75 Å². The normalized spacial score (nSPS) is 15.9. The molecule has 92 valence electrons. The molecule has 5 nitrogen and oxygen atoms in total. The Hall–Kier alpha value is -1.62. The summed E-state index contributed by atoms with van der Waals surface area (Å²) >= 11 is 0. The molecule has 1 aromatic rings. The number of aliphatic hydroxyl groups excluding tert-OH is 1. The van der Waals surface area contributed by atoms with Gasteiger partial charge in [0.05, 0.1) is 24.0 Å². The number of nitrogens with zero attached hydrogens (tertiary/aromatic N) is 2. The fraction of sp³-hybridized carbons (Fsp3) is 0.500. The molecule has 1 aromatic heterocycles. The molecule has 0 unspecified atom stereocenters. The van der Waals surface area contributed by atoms with E-state index < -0.39 is 0 Å². The maximum Gasteiger partial charge on any atom is 0.255 e. The van der Waals surface area contributed by atoms with Crippen LogP contribution >= 0.6 is 0 Å². The van der Waals surface area contributed by atoms with Crippen LogP contribution in [0.4, 0.5) is 0 Å². The zero-order valence-electron chi connectivity index (χ0n) is 9.96. The Kier molecular flexibility index (Phi) is 3.28. The number of β-amino-alcohol motifs (C(OH)–C–C–N with tert-alkyl or cyclic N) is 1. The van der Waals surface area contributed by atoms with Crippen molar-refractivity contribution in [3.63, 3.8) is 0 Å². The van der Waals surface area contributed by atoms with Crippen LogP contribution < -0.4 is 4.74 Å². The van der Waals surface area contributed by atoms with E-state index in [0.29, 0.717) is 24.4 Å². The molecule has 1 aliphatic rings. The number of aliphatic hydroxyl groups is 1. The van der Waals surface area contributed by atoms with E-state index in [4.69, 9.17) is 9.84 Å². The van der Waals surface area contributed by atoms with Gasteiger partial charge in [0.15, 0.2) is 0 Å². The smallest absolute Gasteiger partial charge is 0.255 e. The van der Waals surface area contributed by atoms with Gasteiger partial charge in [-0.15, -0.1) is 0 Å². The third-order valence-corrected chi connectivity index (χ3v) is 2.48. The van der Waals surface area contributed by atoms with Crippen LogP contribution in [0.5, 0.6) is 5.75 Å². The lowest BCUT2D eigenvalue weighted by Gasteiger charge is -2.35. The molecule has 0 spiro atoms. The Morgan fingerprint density at radius 2 is 2.24 bits per heavy atom. The number of carbonyl (C=O) groups excluding carboxylic acids is 1. The van der Waals surface area contributed by atoms with E-state index in [1.165, 1.54) is 6.20 Å². The van der Waals surface area contributed by atoms with Crippen LogP contribution in [0.15, 0.2) is 18.5 Å². The minimum absolute atomic E-state index is 0.0491. The van der Waals surface area contributed by atoms with Gasteiger partial charge in [-0.25, -0.2) is 0 Å². The fourth-order valence-corrected chi connectivity index (χ4v) is 1.68. The van der Waals surface area contributed by atoms with E-state index in [-0.39, 0.29) is 18.1 Å². The lowest BCUT2D eigenvalue weighted by atomic mass is 10.1. The highest BCUT2D eigenvalue weighted by molar-refractivity contribution is 5.94. The summed E-state index contributed by atoms with van der Waals surface area (Å²) < 4.78 is 5.47. The van der Waals surface area contributed by atoms with Crippen molar-refractivity contribution >= 4 is 5.91 Å². The Bertz CT molecular complexity index is 414. The number of rotatable bonds is 3. The van der Waals surface area contributed by atoms with Crippen LogP contribution in [0.2, 0.25) is 0 Å². The molecular formula is C12H16N2O3. The standard InChI is InChI=1S/C12H16N2O3/c1-8(2)17-11-3-9(4-13-5-11)12(16)14-6-10(15)7-14/h3-5,8,10,15H,6-7H2,1-2H3. The van der Waals surface area contributed by atoms with Gasteiger partial charge in [-0.05, 0) is 19.9 Å². The van der Waals surface area contributed by atoms with Crippen molar-refractivity contribution in [1.82, 2.24) is 9.88 Å². The van der Waals surface area contributed by atoms with Crippen molar-refractivity contribution in [3.05, 3.63) is 24.0 Å². The molecule has 2 heterocycles. The van der Waals surface area contributed by atoms with E-state index in [0.717, 1.165) is 0 Å². The fourth-order valence-electron chi connectivity index (χ4n) is 1.68. The first kappa shape index (κ1) is 11.9. The molecule has 1 amide bonds. The summed E-state index contributed by atoms with van der Waals surface area (Å²) in [5.74, 6) is 0.476. The van der Waals surface area contributed by atoms with E-state index in [9.17, 15) is 4.79 Å². The third-order valence-electron chi connectivity index (χ3n) is 2.48. The van der Waals surface area contributed by atoms with Crippen molar-refractivity contribution in [2.24, 2.45) is 0 Å². The number of pyridine rings is 1. The van der Waals surface area contributed by atoms with Crippen LogP contribution in [0.25, 0.3) is 0 Å². The van der Waals surface area contributed by atoms with Crippen LogP contribution in [0, 0.1) is 0 Å². The molecule has 0 atom stereocenters. The summed E-state index contributed by atoms with van der Waals surface area (Å²) in [6, 6.07) is 1.68. The Balaban J connectivity index is 2.07. The summed E-state index contributed by atoms with van der Waals surface area (Å²) in [5, 5.41) is 9.15. The average Bonchev–Trinajstić information content (AvgIpc) is 2.23. The largest absolute Gasteiger partial charge is 0.489 e. The molecule has 0 radical (unpaired) electrons. The zero-order chi connectivity index (χ0) is 12.4. The molecule has 0 aliphatic carbocycles. The number of hydrogen-bond donors (Lipinski definition) is 1. The molecule has 1 fully saturated rings. The summed E-state index contributed by atoms with van der Waals surface area (Å²) in [7, 11) is 0. The SMILES string of the molecule is CC(C)Oc1cncc(C(=O)N2CC(O)C2)c1. The van der Waals surface area contributed by atoms with Crippen molar-refractivity contribution in [2.75, 3.05) is 13.1 Å². The van der Waals surface area contributed by atoms with E-state index in [2.05, 4.69) is 4.98 Å². The Labute approximate surface area is 100 Å². The van der Waals surface area contributed by atoms with Gasteiger partial charge in [-0.1, -0.05) is 0 Å². The van der Waals surface area contributed by atoms with Crippen molar-refractivity contribution in [1.29, 1.82) is 0 Å². The van der Waals surface area contributed by atoms with Crippen LogP contribution in [0.3, 0.4) is 0 Å². The lowest BCUT2D eigenvalue weighted by Crippen LogP contribution is -2.53. The molecule has 5 heteroatoms. The quantitative estimate of drug-likeness (QED) is 0.838. The minimum Gasteiger partial charge on any atom is -0.489 e. The lowest BCUT2D eigenvalue weighted by molar-refractivity contribution is 0.00584. The van der Waals surface area contributed by atoms with Gasteiger partial charge in [-0.2, -0.15) is 0 Å². The van der Waals surface area contributed by atoms with E-state index >= 15 is 0 Å². The molecule has 1 saturated heterocycles. The van der Waals surface area contributed by atoms with Crippen LogP contribution in [-0.4, -0.2) is 46.2 Å². The second-order valence-electron chi connectivity index (χ2n) is 4.44. The van der Waals surface area contributed by atoms with Crippen molar-refractivity contribution in [2.45, 2.75) is 26.1 Å². The molecule has 0 saturated carbocycles. The average molecular weight is 236 g/mol. The van der Waals surface area contributed by atoms with Gasteiger partial charge in [0.25, 0.3) is 5.91 Å². The van der Waals surface area contributed by atoms with Crippen molar-refractivity contribution in [3.8, 4) is 5.75 Å². The molecule has 0 bridgehead atoms. The number of hydrogen-bond acceptors (Lipinski definition) is 4. The Morgan fingerprint density at radius 1 is 1.53 bits per heavy atom. The minimum atomic E-state index is -0.387. The van der Waals surface area contributed by atoms with E-state index in [1.807, 2.05) is 13.8 Å². The van der Waals surface area contributed by atoms with Gasteiger partial charge in [-0.3, -0.25) is 9.78 Å². The first-order valence-corrected chi connectivity index (χ1v) is 5.65. The molecule has 17 heavy (non-hydrogen) atoms. The molecule has 2 rings (SSSR count). The highest BCUT2D eigenvalue weighted by Gasteiger charge is 2.29. The predicted octanol–water partition coefficient (Wildman–Crippen LogP) is 0.685. The highest BCUT2D eigenvalue weighted by atomic mass is 16.5. The summed E-state index contributed by atoms with van der Waals surface area (Å²) in [6.45, 7) is 4.63. The molecular weight excluding hydrogens is 220 g/mol. The number of amides is 1. The zero-order valence-corrected chi connectivity index (χ0v) is 9.96. The number of likely N-dealkylation sites (tertiary alicyclic amines) is 1. The summed E-state index contributed by atoms with van der Waals surface area (Å²) in [6.07, 6.45) is 2.76.